The highest BCUT2D eigenvalue weighted by atomic mass is 32.1. The smallest absolute Gasteiger partial charge is 0.375 e. The van der Waals surface area contributed by atoms with Crippen LogP contribution in [0.4, 0.5) is 0 Å². The van der Waals surface area contributed by atoms with E-state index in [0.717, 1.165) is 10.3 Å². The van der Waals surface area contributed by atoms with Crippen molar-refractivity contribution in [2.45, 2.75) is 20.1 Å². The van der Waals surface area contributed by atoms with Crippen molar-refractivity contribution in [3.63, 3.8) is 0 Å². The minimum Gasteiger partial charge on any atom is -0.489 e. The first-order valence-corrected chi connectivity index (χ1v) is 11.0. The molecule has 0 unspecified atom stereocenters. The molecule has 0 spiro atoms. The molecule has 0 bridgehead atoms. The number of Topliss-reactive ketones (excluding diaryl/α,β-unsaturated/α-hetero) is 1. The number of esters is 1. The monoisotopic (exact) mass is 463 g/mol. The molecule has 8 heteroatoms. The number of amides is 1. The van der Waals surface area contributed by atoms with Crippen LogP contribution in [0.15, 0.2) is 71.1 Å². The van der Waals surface area contributed by atoms with Crippen LogP contribution in [-0.2, 0) is 22.7 Å². The Morgan fingerprint density at radius 2 is 1.73 bits per heavy atom. The molecule has 33 heavy (non-hydrogen) atoms. The number of rotatable bonds is 9. The van der Waals surface area contributed by atoms with Crippen LogP contribution in [0.1, 0.15) is 37.6 Å². The Morgan fingerprint density at radius 3 is 2.52 bits per heavy atom. The number of carbonyl (C=O) groups excluding carboxylic acids is 3. The van der Waals surface area contributed by atoms with Crippen LogP contribution in [0.3, 0.4) is 0 Å². The van der Waals surface area contributed by atoms with Gasteiger partial charge in [-0.15, -0.1) is 11.3 Å². The van der Waals surface area contributed by atoms with Crippen molar-refractivity contribution in [1.82, 2.24) is 5.32 Å². The van der Waals surface area contributed by atoms with Gasteiger partial charge in [-0.3, -0.25) is 9.59 Å². The summed E-state index contributed by atoms with van der Waals surface area (Å²) in [4.78, 5) is 37.6. The van der Waals surface area contributed by atoms with Gasteiger partial charge >= 0.3 is 5.97 Å². The van der Waals surface area contributed by atoms with Crippen LogP contribution in [0.2, 0.25) is 0 Å². The molecular weight excluding hydrogens is 442 g/mol. The number of para-hydroxylation sites is 2. The SMILES string of the molecule is CC(=O)NCc1ccc(C(=O)COC(=O)c2oc3ccccc3c2COc2ccccc2)s1. The topological polar surface area (TPSA) is 94.8 Å². The van der Waals surface area contributed by atoms with Crippen LogP contribution in [-0.4, -0.2) is 24.3 Å². The van der Waals surface area contributed by atoms with E-state index in [4.69, 9.17) is 13.9 Å². The van der Waals surface area contributed by atoms with Crippen molar-refractivity contribution in [3.8, 4) is 5.75 Å². The number of hydrogen-bond donors (Lipinski definition) is 1. The molecule has 4 rings (SSSR count). The predicted molar refractivity (Wildman–Crippen MR) is 123 cm³/mol. The second-order valence-electron chi connectivity index (χ2n) is 7.18. The quantitative estimate of drug-likeness (QED) is 0.284. The molecule has 0 atom stereocenters. The normalized spacial score (nSPS) is 10.7. The van der Waals surface area contributed by atoms with E-state index < -0.39 is 12.6 Å². The largest absolute Gasteiger partial charge is 0.489 e. The number of nitrogens with one attached hydrogen (secondary N) is 1. The molecule has 0 fully saturated rings. The first-order chi connectivity index (χ1) is 16.0. The fourth-order valence-electron chi connectivity index (χ4n) is 3.18. The first-order valence-electron chi connectivity index (χ1n) is 10.2. The summed E-state index contributed by atoms with van der Waals surface area (Å²) in [6.45, 7) is 1.46. The number of furan rings is 1. The maximum atomic E-state index is 12.8. The molecule has 2 aromatic carbocycles. The second kappa shape index (κ2) is 10.1. The number of ether oxygens (including phenoxy) is 2. The van der Waals surface area contributed by atoms with E-state index in [1.54, 1.807) is 18.2 Å². The highest BCUT2D eigenvalue weighted by Gasteiger charge is 2.23. The molecule has 0 saturated heterocycles. The molecule has 4 aromatic rings. The minimum atomic E-state index is -0.735. The van der Waals surface area contributed by atoms with Gasteiger partial charge in [-0.1, -0.05) is 36.4 Å². The lowest BCUT2D eigenvalue weighted by Gasteiger charge is -2.07. The minimum absolute atomic E-state index is 0.0115. The van der Waals surface area contributed by atoms with Crippen molar-refractivity contribution < 1.29 is 28.3 Å². The molecule has 168 valence electrons. The zero-order chi connectivity index (χ0) is 23.2. The Morgan fingerprint density at radius 1 is 0.970 bits per heavy atom. The molecule has 0 aliphatic heterocycles. The fourth-order valence-corrected chi connectivity index (χ4v) is 4.05. The molecule has 1 N–H and O–H groups in total. The molecule has 2 aromatic heterocycles. The summed E-state index contributed by atoms with van der Waals surface area (Å²) < 4.78 is 16.8. The van der Waals surface area contributed by atoms with Gasteiger partial charge in [0.05, 0.1) is 17.0 Å². The lowest BCUT2D eigenvalue weighted by Crippen LogP contribution is -2.18. The Bertz CT molecular complexity index is 1290. The lowest BCUT2D eigenvalue weighted by molar-refractivity contribution is -0.119. The molecule has 0 aliphatic rings. The third kappa shape index (κ3) is 5.48. The summed E-state index contributed by atoms with van der Waals surface area (Å²) in [5, 5.41) is 3.42. The van der Waals surface area contributed by atoms with Gasteiger partial charge in [0, 0.05) is 17.2 Å². The summed E-state index contributed by atoms with van der Waals surface area (Å²) >= 11 is 1.24. The van der Waals surface area contributed by atoms with Crippen molar-refractivity contribution in [1.29, 1.82) is 0 Å². The molecule has 1 amide bonds. The van der Waals surface area contributed by atoms with E-state index in [0.29, 0.717) is 28.3 Å². The van der Waals surface area contributed by atoms with Gasteiger partial charge < -0.3 is 19.2 Å². The predicted octanol–water partition coefficient (Wildman–Crippen LogP) is 4.75. The van der Waals surface area contributed by atoms with Crippen molar-refractivity contribution in [3.05, 3.63) is 87.8 Å². The van der Waals surface area contributed by atoms with Gasteiger partial charge in [0.2, 0.25) is 17.5 Å². The summed E-state index contributed by atoms with van der Waals surface area (Å²) in [5.41, 5.74) is 1.09. The van der Waals surface area contributed by atoms with Crippen LogP contribution in [0.25, 0.3) is 11.0 Å². The maximum absolute atomic E-state index is 12.8. The zero-order valence-electron chi connectivity index (χ0n) is 17.8. The average molecular weight is 464 g/mol. The van der Waals surface area contributed by atoms with Crippen molar-refractivity contribution in [2.75, 3.05) is 6.61 Å². The van der Waals surface area contributed by atoms with E-state index in [9.17, 15) is 14.4 Å². The zero-order valence-corrected chi connectivity index (χ0v) is 18.6. The highest BCUT2D eigenvalue weighted by molar-refractivity contribution is 7.14. The number of hydrogen-bond acceptors (Lipinski definition) is 7. The van der Waals surface area contributed by atoms with E-state index in [1.165, 1.54) is 18.3 Å². The average Bonchev–Trinajstić information content (AvgIpc) is 3.45. The molecule has 0 saturated carbocycles. The van der Waals surface area contributed by atoms with Gasteiger partial charge in [-0.25, -0.2) is 4.79 Å². The molecule has 7 nitrogen and oxygen atoms in total. The fraction of sp³-hybridized carbons (Fsp3) is 0.160. The number of carbonyl (C=O) groups is 3. The summed E-state index contributed by atoms with van der Waals surface area (Å²) in [7, 11) is 0. The van der Waals surface area contributed by atoms with Gasteiger partial charge in [0.25, 0.3) is 0 Å². The van der Waals surface area contributed by atoms with Gasteiger partial charge in [-0.2, -0.15) is 0 Å². The summed E-state index contributed by atoms with van der Waals surface area (Å²) in [5.74, 6) is -0.549. The second-order valence-corrected chi connectivity index (χ2v) is 8.35. The van der Waals surface area contributed by atoms with Crippen LogP contribution in [0, 0.1) is 0 Å². The Balaban J connectivity index is 1.45. The molecular formula is C25H21NO6S. The Hall–Kier alpha value is -3.91. The van der Waals surface area contributed by atoms with Crippen LogP contribution in [0.5, 0.6) is 5.75 Å². The molecule has 2 heterocycles. The van der Waals surface area contributed by atoms with E-state index in [1.807, 2.05) is 48.5 Å². The van der Waals surface area contributed by atoms with Crippen LogP contribution >= 0.6 is 11.3 Å². The summed E-state index contributed by atoms with van der Waals surface area (Å²) in [6, 6.07) is 19.9. The number of fused-ring (bicyclic) bond motifs is 1. The molecule has 0 radical (unpaired) electrons. The van der Waals surface area contributed by atoms with Crippen LogP contribution < -0.4 is 10.1 Å². The highest BCUT2D eigenvalue weighted by Crippen LogP contribution is 2.28. The van der Waals surface area contributed by atoms with Crippen molar-refractivity contribution in [2.24, 2.45) is 0 Å². The standard InChI is InChI=1S/C25H21NO6S/c1-16(27)26-13-18-11-12-23(33-18)21(28)15-31-25(29)24-20(14-30-17-7-3-2-4-8-17)19-9-5-6-10-22(19)32-24/h2-12H,13-15H2,1H3,(H,26,27). The Kier molecular flexibility index (Phi) is 6.85. The number of ketones is 1. The van der Waals surface area contributed by atoms with Gasteiger partial charge in [-0.05, 0) is 30.3 Å². The van der Waals surface area contributed by atoms with Gasteiger partial charge in [0.1, 0.15) is 17.9 Å². The van der Waals surface area contributed by atoms with E-state index in [-0.39, 0.29) is 24.1 Å². The van der Waals surface area contributed by atoms with Gasteiger partial charge in [0.15, 0.2) is 6.61 Å². The van der Waals surface area contributed by atoms with Crippen molar-refractivity contribution >= 4 is 40.0 Å². The Labute approximate surface area is 193 Å². The first kappa shape index (κ1) is 22.3. The summed E-state index contributed by atoms with van der Waals surface area (Å²) in [6.07, 6.45) is 0. The molecule has 0 aliphatic carbocycles. The van der Waals surface area contributed by atoms with E-state index >= 15 is 0 Å². The van der Waals surface area contributed by atoms with E-state index in [2.05, 4.69) is 5.32 Å². The maximum Gasteiger partial charge on any atom is 0.375 e. The third-order valence-corrected chi connectivity index (χ3v) is 5.92. The number of thiophene rings is 1. The third-order valence-electron chi connectivity index (χ3n) is 4.79. The number of benzene rings is 2. The lowest BCUT2D eigenvalue weighted by atomic mass is 10.1.